The zero-order chi connectivity index (χ0) is 13.2. The van der Waals surface area contributed by atoms with Gasteiger partial charge in [-0.2, -0.15) is 0 Å². The van der Waals surface area contributed by atoms with E-state index in [0.717, 1.165) is 25.7 Å². The van der Waals surface area contributed by atoms with Crippen molar-refractivity contribution in [3.8, 4) is 0 Å². The molecule has 2 rings (SSSR count). The van der Waals surface area contributed by atoms with Gasteiger partial charge in [-0.1, -0.05) is 6.92 Å². The second-order valence-electron chi connectivity index (χ2n) is 5.39. The van der Waals surface area contributed by atoms with E-state index < -0.39 is 11.7 Å². The highest BCUT2D eigenvalue weighted by Gasteiger charge is 2.50. The lowest BCUT2D eigenvalue weighted by Gasteiger charge is -2.40. The van der Waals surface area contributed by atoms with E-state index in [4.69, 9.17) is 10.5 Å². The molecule has 1 saturated carbocycles. The molecular formula is C11H19N5O2. The van der Waals surface area contributed by atoms with Crippen molar-refractivity contribution in [2.45, 2.75) is 51.7 Å². The van der Waals surface area contributed by atoms with E-state index in [2.05, 4.69) is 22.4 Å². The van der Waals surface area contributed by atoms with Crippen LogP contribution in [0.25, 0.3) is 0 Å². The third-order valence-corrected chi connectivity index (χ3v) is 4.27. The van der Waals surface area contributed by atoms with Gasteiger partial charge in [-0.15, -0.1) is 5.10 Å². The van der Waals surface area contributed by atoms with Gasteiger partial charge in [0, 0.05) is 12.0 Å². The number of aryl methyl sites for hydroxylation is 1. The van der Waals surface area contributed by atoms with Crippen molar-refractivity contribution < 1.29 is 9.53 Å². The van der Waals surface area contributed by atoms with Crippen molar-refractivity contribution in [1.29, 1.82) is 0 Å². The van der Waals surface area contributed by atoms with Crippen LogP contribution in [0.2, 0.25) is 0 Å². The molecule has 0 saturated heterocycles. The van der Waals surface area contributed by atoms with Crippen LogP contribution < -0.4 is 5.73 Å². The first kappa shape index (κ1) is 12.8. The highest BCUT2D eigenvalue weighted by molar-refractivity contribution is 5.65. The molecule has 0 aromatic carbocycles. The Morgan fingerprint density at radius 3 is 2.89 bits per heavy atom. The number of tetrazole rings is 1. The van der Waals surface area contributed by atoms with E-state index in [9.17, 15) is 4.79 Å². The number of carbonyl (C=O) groups is 1. The number of nitrogens with zero attached hydrogens (tertiary/aromatic N) is 4. The Bertz CT molecular complexity index is 421. The van der Waals surface area contributed by atoms with Crippen LogP contribution in [0.15, 0.2) is 6.33 Å². The zero-order valence-electron chi connectivity index (χ0n) is 10.8. The van der Waals surface area contributed by atoms with Crippen LogP contribution in [-0.2, 0) is 11.3 Å². The number of ether oxygens (including phenoxy) is 1. The summed E-state index contributed by atoms with van der Waals surface area (Å²) in [5, 5.41) is 11.0. The van der Waals surface area contributed by atoms with E-state index >= 15 is 0 Å². The molecule has 7 nitrogen and oxygen atoms in total. The maximum atomic E-state index is 11.0. The maximum absolute atomic E-state index is 11.0. The van der Waals surface area contributed by atoms with Crippen LogP contribution in [0.5, 0.6) is 0 Å². The van der Waals surface area contributed by atoms with Crippen LogP contribution in [-0.4, -0.2) is 31.9 Å². The van der Waals surface area contributed by atoms with Gasteiger partial charge in [-0.25, -0.2) is 9.48 Å². The van der Waals surface area contributed by atoms with Crippen LogP contribution in [0.3, 0.4) is 0 Å². The summed E-state index contributed by atoms with van der Waals surface area (Å²) in [4.78, 5) is 11.0. The maximum Gasteiger partial charge on any atom is 0.405 e. The SMILES string of the molecule is CC1(CCn2cnnn2)CCCC1(C)OC(N)=O. The Hall–Kier alpha value is -1.66. The predicted octanol–water partition coefficient (Wildman–Crippen LogP) is 1.11. The van der Waals surface area contributed by atoms with Gasteiger partial charge in [0.15, 0.2) is 0 Å². The predicted molar refractivity (Wildman–Crippen MR) is 63.5 cm³/mol. The average molecular weight is 253 g/mol. The highest BCUT2D eigenvalue weighted by Crippen LogP contribution is 2.50. The number of hydrogen-bond acceptors (Lipinski definition) is 5. The monoisotopic (exact) mass is 253 g/mol. The summed E-state index contributed by atoms with van der Waals surface area (Å²) in [5.41, 5.74) is 4.59. The number of amides is 1. The molecule has 0 aliphatic heterocycles. The first-order chi connectivity index (χ1) is 8.45. The van der Waals surface area contributed by atoms with E-state index in [1.165, 1.54) is 0 Å². The quantitative estimate of drug-likeness (QED) is 0.867. The van der Waals surface area contributed by atoms with Gasteiger partial charge in [0.2, 0.25) is 0 Å². The number of carbonyl (C=O) groups excluding carboxylic acids is 1. The molecule has 1 fully saturated rings. The summed E-state index contributed by atoms with van der Waals surface area (Å²) >= 11 is 0. The van der Waals surface area contributed by atoms with Crippen LogP contribution >= 0.6 is 0 Å². The Balaban J connectivity index is 2.05. The second-order valence-corrected chi connectivity index (χ2v) is 5.39. The highest BCUT2D eigenvalue weighted by atomic mass is 16.6. The first-order valence-corrected chi connectivity index (χ1v) is 6.14. The zero-order valence-corrected chi connectivity index (χ0v) is 10.8. The van der Waals surface area contributed by atoms with Crippen LogP contribution in [0.1, 0.15) is 39.5 Å². The number of hydrogen-bond donors (Lipinski definition) is 1. The molecule has 0 radical (unpaired) electrons. The molecular weight excluding hydrogens is 234 g/mol. The minimum atomic E-state index is -0.701. The van der Waals surface area contributed by atoms with Gasteiger partial charge in [0.05, 0.1) is 0 Å². The van der Waals surface area contributed by atoms with Gasteiger partial charge < -0.3 is 10.5 Å². The lowest BCUT2D eigenvalue weighted by atomic mass is 9.74. The lowest BCUT2D eigenvalue weighted by Crippen LogP contribution is -2.45. The minimum Gasteiger partial charge on any atom is -0.443 e. The molecule has 7 heteroatoms. The summed E-state index contributed by atoms with van der Waals surface area (Å²) in [7, 11) is 0. The lowest BCUT2D eigenvalue weighted by molar-refractivity contribution is -0.0512. The topological polar surface area (TPSA) is 95.9 Å². The van der Waals surface area contributed by atoms with Crippen molar-refractivity contribution >= 4 is 6.09 Å². The summed E-state index contributed by atoms with van der Waals surface area (Å²) in [6.07, 6.45) is 4.64. The van der Waals surface area contributed by atoms with Crippen LogP contribution in [0.4, 0.5) is 4.79 Å². The Morgan fingerprint density at radius 1 is 1.50 bits per heavy atom. The van der Waals surface area contributed by atoms with Gasteiger partial charge >= 0.3 is 6.09 Å². The normalized spacial score (nSPS) is 31.4. The van der Waals surface area contributed by atoms with Gasteiger partial charge in [0.25, 0.3) is 0 Å². The van der Waals surface area contributed by atoms with Crippen molar-refractivity contribution in [1.82, 2.24) is 20.2 Å². The number of rotatable bonds is 4. The average Bonchev–Trinajstić information content (AvgIpc) is 2.85. The van der Waals surface area contributed by atoms with E-state index in [1.54, 1.807) is 11.0 Å². The summed E-state index contributed by atoms with van der Waals surface area (Å²) < 4.78 is 7.05. The third kappa shape index (κ3) is 2.30. The minimum absolute atomic E-state index is 0.0893. The van der Waals surface area contributed by atoms with Gasteiger partial charge in [-0.05, 0) is 43.0 Å². The smallest absolute Gasteiger partial charge is 0.405 e. The van der Waals surface area contributed by atoms with E-state index in [1.807, 2.05) is 6.92 Å². The number of aromatic nitrogens is 4. The molecule has 1 aliphatic rings. The third-order valence-electron chi connectivity index (χ3n) is 4.27. The molecule has 18 heavy (non-hydrogen) atoms. The molecule has 0 spiro atoms. The Kier molecular flexibility index (Phi) is 3.23. The molecule has 100 valence electrons. The first-order valence-electron chi connectivity index (χ1n) is 6.14. The summed E-state index contributed by atoms with van der Waals surface area (Å²) in [6, 6.07) is 0. The van der Waals surface area contributed by atoms with Crippen LogP contribution in [0, 0.1) is 5.41 Å². The fraction of sp³-hybridized carbons (Fsp3) is 0.818. The largest absolute Gasteiger partial charge is 0.443 e. The fourth-order valence-corrected chi connectivity index (χ4v) is 2.81. The summed E-state index contributed by atoms with van der Waals surface area (Å²) in [6.45, 7) is 4.80. The summed E-state index contributed by atoms with van der Waals surface area (Å²) in [5.74, 6) is 0. The number of primary amides is 1. The van der Waals surface area contributed by atoms with Crippen molar-refractivity contribution in [3.63, 3.8) is 0 Å². The molecule has 1 aromatic heterocycles. The Morgan fingerprint density at radius 2 is 2.28 bits per heavy atom. The van der Waals surface area contributed by atoms with E-state index in [0.29, 0.717) is 6.54 Å². The van der Waals surface area contributed by atoms with E-state index in [-0.39, 0.29) is 5.41 Å². The van der Waals surface area contributed by atoms with Crippen molar-refractivity contribution in [3.05, 3.63) is 6.33 Å². The standard InChI is InChI=1S/C11H19N5O2/c1-10(6-7-16-8-13-14-15-16)4-3-5-11(10,2)18-9(12)17/h8H,3-7H2,1-2H3,(H2,12,17). The molecule has 0 bridgehead atoms. The molecule has 2 unspecified atom stereocenters. The van der Waals surface area contributed by atoms with Crippen molar-refractivity contribution in [2.24, 2.45) is 11.1 Å². The molecule has 1 amide bonds. The fourth-order valence-electron chi connectivity index (χ4n) is 2.81. The molecule has 2 N–H and O–H groups in total. The number of nitrogens with two attached hydrogens (primary N) is 1. The van der Waals surface area contributed by atoms with Gasteiger partial charge in [0.1, 0.15) is 11.9 Å². The molecule has 1 heterocycles. The second kappa shape index (κ2) is 4.55. The molecule has 2 atom stereocenters. The molecule has 1 aliphatic carbocycles. The van der Waals surface area contributed by atoms with Crippen molar-refractivity contribution in [2.75, 3.05) is 0 Å². The van der Waals surface area contributed by atoms with Gasteiger partial charge in [-0.3, -0.25) is 0 Å². The Labute approximate surface area is 106 Å². The molecule has 1 aromatic rings.